The van der Waals surface area contributed by atoms with Gasteiger partial charge in [-0.05, 0) is 69.0 Å². The normalized spacial score (nSPS) is 16.4. The van der Waals surface area contributed by atoms with E-state index in [0.29, 0.717) is 6.04 Å². The zero-order valence-electron chi connectivity index (χ0n) is 17.4. The molecular formula is C26H35N. The van der Waals surface area contributed by atoms with Crippen molar-refractivity contribution in [3.05, 3.63) is 71.3 Å². The van der Waals surface area contributed by atoms with Gasteiger partial charge in [0.05, 0.1) is 0 Å². The highest BCUT2D eigenvalue weighted by Crippen LogP contribution is 2.16. The van der Waals surface area contributed by atoms with Gasteiger partial charge in [-0.1, -0.05) is 75.5 Å². The second-order valence-corrected chi connectivity index (χ2v) is 7.27. The molecule has 0 fully saturated rings. The van der Waals surface area contributed by atoms with Crippen LogP contribution in [-0.2, 0) is 6.42 Å². The maximum absolute atomic E-state index is 3.33. The predicted octanol–water partition coefficient (Wildman–Crippen LogP) is 6.31. The van der Waals surface area contributed by atoms with Crippen molar-refractivity contribution in [1.29, 1.82) is 0 Å². The molecule has 0 aromatic heterocycles. The van der Waals surface area contributed by atoms with Crippen molar-refractivity contribution in [1.82, 2.24) is 4.90 Å². The van der Waals surface area contributed by atoms with Gasteiger partial charge >= 0.3 is 0 Å². The van der Waals surface area contributed by atoms with Gasteiger partial charge < -0.3 is 0 Å². The van der Waals surface area contributed by atoms with Crippen molar-refractivity contribution in [2.45, 2.75) is 65.3 Å². The van der Waals surface area contributed by atoms with E-state index in [2.05, 4.69) is 92.2 Å². The molecule has 0 saturated heterocycles. The molecule has 144 valence electrons. The zero-order chi connectivity index (χ0) is 19.3. The topological polar surface area (TPSA) is 3.24 Å². The summed E-state index contributed by atoms with van der Waals surface area (Å²) < 4.78 is 0. The third kappa shape index (κ3) is 7.61. The van der Waals surface area contributed by atoms with Gasteiger partial charge in [-0.15, -0.1) is 0 Å². The maximum atomic E-state index is 3.33. The number of hydrogen-bond acceptors (Lipinski definition) is 1. The van der Waals surface area contributed by atoms with Gasteiger partial charge in [0, 0.05) is 17.2 Å². The lowest BCUT2D eigenvalue weighted by atomic mass is 10.0. The highest BCUT2D eigenvalue weighted by atomic mass is 15.1. The van der Waals surface area contributed by atoms with E-state index in [4.69, 9.17) is 0 Å². The number of unbranched alkanes of at least 4 members (excludes halogenated alkanes) is 1. The molecule has 1 aliphatic carbocycles. The first-order chi connectivity index (χ1) is 13.3. The molecular weight excluding hydrogens is 326 g/mol. The molecule has 1 heteroatoms. The van der Waals surface area contributed by atoms with E-state index in [-0.39, 0.29) is 0 Å². The summed E-state index contributed by atoms with van der Waals surface area (Å²) in [5.74, 6) is 6.64. The van der Waals surface area contributed by atoms with Gasteiger partial charge in [0.15, 0.2) is 0 Å². The highest BCUT2D eigenvalue weighted by molar-refractivity contribution is 5.47. The molecule has 1 nitrogen and oxygen atoms in total. The smallest absolute Gasteiger partial charge is 0.0316 e. The Morgan fingerprint density at radius 3 is 2.30 bits per heavy atom. The van der Waals surface area contributed by atoms with Gasteiger partial charge in [0.2, 0.25) is 0 Å². The third-order valence-corrected chi connectivity index (χ3v) is 4.85. The van der Waals surface area contributed by atoms with E-state index in [1.54, 1.807) is 0 Å². The third-order valence-electron chi connectivity index (χ3n) is 4.85. The summed E-state index contributed by atoms with van der Waals surface area (Å²) in [5, 5.41) is 0. The average Bonchev–Trinajstić information content (AvgIpc) is 2.71. The molecule has 1 aliphatic rings. The van der Waals surface area contributed by atoms with E-state index >= 15 is 0 Å². The average molecular weight is 362 g/mol. The molecule has 0 amide bonds. The molecule has 1 atom stereocenters. The van der Waals surface area contributed by atoms with Crippen LogP contribution in [0.2, 0.25) is 0 Å². The van der Waals surface area contributed by atoms with Crippen LogP contribution in [0.15, 0.2) is 60.2 Å². The Labute approximate surface area is 166 Å². The van der Waals surface area contributed by atoms with Gasteiger partial charge in [-0.3, -0.25) is 4.90 Å². The lowest BCUT2D eigenvalue weighted by Gasteiger charge is -2.29. The van der Waals surface area contributed by atoms with E-state index in [1.165, 1.54) is 44.3 Å². The summed E-state index contributed by atoms with van der Waals surface area (Å²) in [6.45, 7) is 9.08. The van der Waals surface area contributed by atoms with Crippen LogP contribution in [0.4, 0.5) is 0 Å². The fraction of sp³-hybridized carbons (Fsp3) is 0.462. The number of benzene rings is 1. The van der Waals surface area contributed by atoms with Crippen molar-refractivity contribution in [3.63, 3.8) is 0 Å². The molecule has 0 saturated carbocycles. The summed E-state index contributed by atoms with van der Waals surface area (Å²) >= 11 is 0. The van der Waals surface area contributed by atoms with Gasteiger partial charge in [0.25, 0.3) is 0 Å². The first-order valence-corrected chi connectivity index (χ1v) is 10.6. The van der Waals surface area contributed by atoms with Crippen molar-refractivity contribution < 1.29 is 0 Å². The number of hydrogen-bond donors (Lipinski definition) is 0. The number of rotatable bonds is 9. The van der Waals surface area contributed by atoms with E-state index in [9.17, 15) is 0 Å². The quantitative estimate of drug-likeness (QED) is 0.368. The van der Waals surface area contributed by atoms with Crippen LogP contribution in [-0.4, -0.2) is 24.0 Å². The Hall–Kier alpha value is -2.04. The van der Waals surface area contributed by atoms with Crippen LogP contribution in [0.1, 0.15) is 64.0 Å². The molecule has 0 radical (unpaired) electrons. The molecule has 0 heterocycles. The van der Waals surface area contributed by atoms with E-state index in [0.717, 1.165) is 24.0 Å². The molecule has 0 N–H and O–H groups in total. The Balaban J connectivity index is 1.90. The van der Waals surface area contributed by atoms with Crippen LogP contribution in [0.3, 0.4) is 0 Å². The van der Waals surface area contributed by atoms with Crippen LogP contribution >= 0.6 is 0 Å². The fourth-order valence-corrected chi connectivity index (χ4v) is 3.36. The van der Waals surface area contributed by atoms with Crippen LogP contribution in [0, 0.1) is 11.8 Å². The van der Waals surface area contributed by atoms with Gasteiger partial charge in [0.1, 0.15) is 0 Å². The Bertz CT molecular complexity index is 688. The highest BCUT2D eigenvalue weighted by Gasteiger charge is 2.15. The monoisotopic (exact) mass is 361 g/mol. The van der Waals surface area contributed by atoms with Crippen LogP contribution in [0.5, 0.6) is 0 Å². The van der Waals surface area contributed by atoms with Crippen molar-refractivity contribution >= 4 is 0 Å². The SMILES string of the molecule is CCCC=CCc1ccc(C#CC2=CCC(N(CCC)CCC)C=C2)cc1. The molecule has 1 aromatic rings. The standard InChI is InChI=1S/C26H35N/c1-4-7-8-9-10-23-11-13-24(14-12-23)15-16-25-17-19-26(20-18-25)27(21-5-2)22-6-3/h8-9,11-14,17-19,26H,4-7,10,20-22H2,1-3H3. The lowest BCUT2D eigenvalue weighted by molar-refractivity contribution is 0.229. The molecule has 0 aliphatic heterocycles. The Morgan fingerprint density at radius 2 is 1.70 bits per heavy atom. The molecule has 0 spiro atoms. The largest absolute Gasteiger partial charge is 0.297 e. The lowest BCUT2D eigenvalue weighted by Crippen LogP contribution is -2.35. The minimum absolute atomic E-state index is 0.537. The molecule has 1 unspecified atom stereocenters. The number of nitrogens with zero attached hydrogens (tertiary/aromatic N) is 1. The minimum atomic E-state index is 0.537. The fourth-order valence-electron chi connectivity index (χ4n) is 3.36. The number of allylic oxidation sites excluding steroid dienone is 4. The van der Waals surface area contributed by atoms with E-state index in [1.807, 2.05) is 0 Å². The first-order valence-electron chi connectivity index (χ1n) is 10.6. The summed E-state index contributed by atoms with van der Waals surface area (Å²) in [6, 6.07) is 9.19. The van der Waals surface area contributed by atoms with Crippen molar-refractivity contribution in [2.24, 2.45) is 0 Å². The first kappa shape index (κ1) is 21.3. The van der Waals surface area contributed by atoms with E-state index < -0.39 is 0 Å². The van der Waals surface area contributed by atoms with Gasteiger partial charge in [-0.25, -0.2) is 0 Å². The van der Waals surface area contributed by atoms with Gasteiger partial charge in [-0.2, -0.15) is 0 Å². The Kier molecular flexibility index (Phi) is 9.74. The van der Waals surface area contributed by atoms with Crippen LogP contribution in [0.25, 0.3) is 0 Å². The summed E-state index contributed by atoms with van der Waals surface area (Å²) in [4.78, 5) is 2.59. The second kappa shape index (κ2) is 12.4. The zero-order valence-corrected chi connectivity index (χ0v) is 17.4. The minimum Gasteiger partial charge on any atom is -0.297 e. The molecule has 1 aromatic carbocycles. The summed E-state index contributed by atoms with van der Waals surface area (Å²) in [6.07, 6.45) is 18.3. The summed E-state index contributed by atoms with van der Waals surface area (Å²) in [7, 11) is 0. The maximum Gasteiger partial charge on any atom is 0.0316 e. The predicted molar refractivity (Wildman–Crippen MR) is 119 cm³/mol. The molecule has 27 heavy (non-hydrogen) atoms. The molecule has 2 rings (SSSR count). The van der Waals surface area contributed by atoms with Crippen molar-refractivity contribution in [3.8, 4) is 11.8 Å². The molecule has 0 bridgehead atoms. The van der Waals surface area contributed by atoms with Crippen LogP contribution < -0.4 is 0 Å². The second-order valence-electron chi connectivity index (χ2n) is 7.27. The summed E-state index contributed by atoms with van der Waals surface area (Å²) in [5.41, 5.74) is 3.58. The Morgan fingerprint density at radius 1 is 0.963 bits per heavy atom. The van der Waals surface area contributed by atoms with Crippen molar-refractivity contribution in [2.75, 3.05) is 13.1 Å².